The Labute approximate surface area is 219 Å². The van der Waals surface area contributed by atoms with Crippen molar-refractivity contribution in [2.24, 2.45) is 0 Å². The molecule has 0 saturated carbocycles. The monoisotopic (exact) mass is 504 g/mol. The summed E-state index contributed by atoms with van der Waals surface area (Å²) in [5, 5.41) is 0. The molecule has 1 fully saturated rings. The second-order valence-electron chi connectivity index (χ2n) is 8.96. The first kappa shape index (κ1) is 26.9. The zero-order valence-electron chi connectivity index (χ0n) is 21.7. The Morgan fingerprint density at radius 1 is 0.676 bits per heavy atom. The first-order chi connectivity index (χ1) is 18.2. The quantitative estimate of drug-likeness (QED) is 0.280. The van der Waals surface area contributed by atoms with E-state index in [0.29, 0.717) is 19.8 Å². The van der Waals surface area contributed by atoms with Crippen molar-refractivity contribution in [1.29, 1.82) is 0 Å². The van der Waals surface area contributed by atoms with Gasteiger partial charge in [0.2, 0.25) is 6.29 Å². The minimum Gasteiger partial charge on any atom is -0.497 e. The lowest BCUT2D eigenvalue weighted by atomic mass is 9.98. The maximum absolute atomic E-state index is 6.53. The molecule has 1 heterocycles. The Kier molecular flexibility index (Phi) is 10.1. The van der Waals surface area contributed by atoms with Crippen LogP contribution in [-0.2, 0) is 43.5 Å². The number of allylic oxidation sites excluding steroid dienone is 1. The zero-order valence-corrected chi connectivity index (χ0v) is 21.7. The topological polar surface area (TPSA) is 55.4 Å². The molecule has 6 nitrogen and oxygen atoms in total. The van der Waals surface area contributed by atoms with E-state index in [1.165, 1.54) is 0 Å². The summed E-state index contributed by atoms with van der Waals surface area (Å²) in [6, 6.07) is 28.0. The molecule has 0 radical (unpaired) electrons. The van der Waals surface area contributed by atoms with Gasteiger partial charge in [-0.25, -0.2) is 0 Å². The van der Waals surface area contributed by atoms with Crippen molar-refractivity contribution in [3.63, 3.8) is 0 Å². The molecule has 3 aromatic carbocycles. The lowest BCUT2D eigenvalue weighted by molar-refractivity contribution is -0.309. The van der Waals surface area contributed by atoms with Crippen molar-refractivity contribution in [2.45, 2.75) is 64.4 Å². The van der Waals surface area contributed by atoms with Crippen LogP contribution in [-0.4, -0.2) is 37.8 Å². The molecule has 0 amide bonds. The molecule has 196 valence electrons. The predicted molar refractivity (Wildman–Crippen MR) is 142 cm³/mol. The summed E-state index contributed by atoms with van der Waals surface area (Å²) in [5.74, 6) is 0.806. The van der Waals surface area contributed by atoms with Crippen molar-refractivity contribution in [3.05, 3.63) is 114 Å². The Hall–Kier alpha value is -3.16. The maximum Gasteiger partial charge on any atom is 0.228 e. The normalized spacial score (nSPS) is 23.7. The van der Waals surface area contributed by atoms with Crippen LogP contribution >= 0.6 is 0 Å². The van der Waals surface area contributed by atoms with E-state index >= 15 is 0 Å². The largest absolute Gasteiger partial charge is 0.497 e. The first-order valence-corrected chi connectivity index (χ1v) is 12.7. The smallest absolute Gasteiger partial charge is 0.228 e. The van der Waals surface area contributed by atoms with Crippen LogP contribution in [0.3, 0.4) is 0 Å². The molecule has 1 aliphatic rings. The second-order valence-corrected chi connectivity index (χ2v) is 8.96. The van der Waals surface area contributed by atoms with E-state index < -0.39 is 18.5 Å². The van der Waals surface area contributed by atoms with Crippen LogP contribution in [0.1, 0.15) is 30.5 Å². The summed E-state index contributed by atoms with van der Waals surface area (Å²) in [7, 11) is 1.66. The van der Waals surface area contributed by atoms with Crippen LogP contribution < -0.4 is 4.74 Å². The van der Waals surface area contributed by atoms with Crippen LogP contribution in [0.15, 0.2) is 97.3 Å². The molecular weight excluding hydrogens is 468 g/mol. The van der Waals surface area contributed by atoms with Gasteiger partial charge in [0.25, 0.3) is 0 Å². The summed E-state index contributed by atoms with van der Waals surface area (Å²) in [6.07, 6.45) is 1.20. The van der Waals surface area contributed by atoms with Crippen LogP contribution in [0.4, 0.5) is 0 Å². The van der Waals surface area contributed by atoms with E-state index in [-0.39, 0.29) is 12.2 Å². The Balaban J connectivity index is 1.56. The van der Waals surface area contributed by atoms with E-state index in [4.69, 9.17) is 28.4 Å². The highest BCUT2D eigenvalue weighted by Crippen LogP contribution is 2.31. The Morgan fingerprint density at radius 3 is 1.73 bits per heavy atom. The summed E-state index contributed by atoms with van der Waals surface area (Å²) in [6.45, 7) is 5.10. The second kappa shape index (κ2) is 14.0. The Bertz CT molecular complexity index is 1070. The first-order valence-electron chi connectivity index (χ1n) is 12.7. The van der Waals surface area contributed by atoms with Gasteiger partial charge in [-0.3, -0.25) is 0 Å². The summed E-state index contributed by atoms with van der Waals surface area (Å²) >= 11 is 0. The lowest BCUT2D eigenvalue weighted by Crippen LogP contribution is -2.59. The highest BCUT2D eigenvalue weighted by Gasteiger charge is 2.47. The molecule has 1 saturated heterocycles. The van der Waals surface area contributed by atoms with E-state index in [1.54, 1.807) is 13.4 Å². The van der Waals surface area contributed by atoms with Crippen molar-refractivity contribution in [1.82, 2.24) is 0 Å². The molecule has 3 aromatic rings. The molecule has 37 heavy (non-hydrogen) atoms. The van der Waals surface area contributed by atoms with Gasteiger partial charge in [0.1, 0.15) is 24.1 Å². The van der Waals surface area contributed by atoms with Crippen molar-refractivity contribution in [3.8, 4) is 5.75 Å². The third kappa shape index (κ3) is 7.66. The summed E-state index contributed by atoms with van der Waals surface area (Å²) in [4.78, 5) is 0. The third-order valence-electron chi connectivity index (χ3n) is 6.25. The molecule has 1 aliphatic heterocycles. The Morgan fingerprint density at radius 2 is 1.19 bits per heavy atom. The number of hydrogen-bond donors (Lipinski definition) is 0. The zero-order chi connectivity index (χ0) is 25.9. The number of benzene rings is 3. The standard InChI is InChI=1S/C31H36O6/c1-4-19-33-31-30(36-21-25-13-9-6-10-14-25)29(35-20-24-11-7-5-8-12-24)28(23(2)37-31)34-22-26-15-17-27(32-3)18-16-26/h4-19,23,28-31H,20-22H2,1-3H3/b19-4+/t23-,28-,29+,30+,31+/m0/s1. The molecule has 5 atom stereocenters. The van der Waals surface area contributed by atoms with Gasteiger partial charge in [-0.15, -0.1) is 0 Å². The van der Waals surface area contributed by atoms with Crippen LogP contribution in [0.2, 0.25) is 0 Å². The van der Waals surface area contributed by atoms with E-state index in [2.05, 4.69) is 0 Å². The van der Waals surface area contributed by atoms with E-state index in [9.17, 15) is 0 Å². The highest BCUT2D eigenvalue weighted by molar-refractivity contribution is 5.26. The minimum absolute atomic E-state index is 0.286. The van der Waals surface area contributed by atoms with Gasteiger partial charge in [-0.2, -0.15) is 0 Å². The van der Waals surface area contributed by atoms with Gasteiger partial charge >= 0.3 is 0 Å². The predicted octanol–water partition coefficient (Wildman–Crippen LogP) is 6.05. The molecular formula is C31H36O6. The number of methoxy groups -OCH3 is 1. The summed E-state index contributed by atoms with van der Waals surface area (Å²) in [5.41, 5.74) is 3.16. The average Bonchev–Trinajstić information content (AvgIpc) is 2.95. The minimum atomic E-state index is -0.642. The molecule has 6 heteroatoms. The number of rotatable bonds is 12. The van der Waals surface area contributed by atoms with E-state index in [1.807, 2.05) is 105 Å². The fourth-order valence-corrected chi connectivity index (χ4v) is 4.28. The molecule has 0 unspecified atom stereocenters. The van der Waals surface area contributed by atoms with Crippen molar-refractivity contribution >= 4 is 0 Å². The lowest BCUT2D eigenvalue weighted by Gasteiger charge is -2.44. The third-order valence-corrected chi connectivity index (χ3v) is 6.25. The van der Waals surface area contributed by atoms with E-state index in [0.717, 1.165) is 22.4 Å². The summed E-state index contributed by atoms with van der Waals surface area (Å²) < 4.78 is 36.9. The molecule has 0 spiro atoms. The van der Waals surface area contributed by atoms with Gasteiger partial charge in [0.05, 0.1) is 39.3 Å². The molecule has 0 aliphatic carbocycles. The van der Waals surface area contributed by atoms with Crippen molar-refractivity contribution in [2.75, 3.05) is 7.11 Å². The number of ether oxygens (including phenoxy) is 6. The fourth-order valence-electron chi connectivity index (χ4n) is 4.28. The highest BCUT2D eigenvalue weighted by atomic mass is 16.7. The van der Waals surface area contributed by atoms with Crippen LogP contribution in [0.25, 0.3) is 0 Å². The van der Waals surface area contributed by atoms with Crippen LogP contribution in [0, 0.1) is 0 Å². The molecule has 4 rings (SSSR count). The van der Waals surface area contributed by atoms with Gasteiger partial charge in [0.15, 0.2) is 0 Å². The molecule has 0 N–H and O–H groups in total. The fraction of sp³-hybridized carbons (Fsp3) is 0.355. The maximum atomic E-state index is 6.53. The molecule has 0 bridgehead atoms. The van der Waals surface area contributed by atoms with Gasteiger partial charge in [0, 0.05) is 0 Å². The SMILES string of the molecule is C/C=C/O[C@@H]1O[C@@H](C)[C@H](OCc2ccc(OC)cc2)[C@@H](OCc2ccccc2)[C@H]1OCc1ccccc1. The number of hydrogen-bond acceptors (Lipinski definition) is 6. The molecule has 0 aromatic heterocycles. The van der Waals surface area contributed by atoms with Gasteiger partial charge in [-0.1, -0.05) is 78.9 Å². The van der Waals surface area contributed by atoms with Crippen LogP contribution in [0.5, 0.6) is 5.75 Å². The van der Waals surface area contributed by atoms with Crippen molar-refractivity contribution < 1.29 is 28.4 Å². The van der Waals surface area contributed by atoms with Gasteiger partial charge < -0.3 is 28.4 Å². The average molecular weight is 505 g/mol. The van der Waals surface area contributed by atoms with Gasteiger partial charge in [-0.05, 0) is 42.7 Å².